The topological polar surface area (TPSA) is 40.5 Å². The zero-order valence-electron chi connectivity index (χ0n) is 11.2. The number of hydrogen-bond donors (Lipinski definition) is 1. The van der Waals surface area contributed by atoms with Crippen molar-refractivity contribution in [2.75, 3.05) is 18.8 Å². The molecule has 108 valence electrons. The highest BCUT2D eigenvalue weighted by Gasteiger charge is 2.43. The van der Waals surface area contributed by atoms with Gasteiger partial charge in [0.05, 0.1) is 11.9 Å². The number of benzene rings is 1. The van der Waals surface area contributed by atoms with Crippen LogP contribution in [0.15, 0.2) is 29.2 Å². The second kappa shape index (κ2) is 5.74. The molecule has 2 aliphatic rings. The van der Waals surface area contributed by atoms with E-state index in [0.717, 1.165) is 19.4 Å². The third-order valence-electron chi connectivity index (χ3n) is 4.36. The molecule has 1 aliphatic heterocycles. The predicted molar refractivity (Wildman–Crippen MR) is 75.9 cm³/mol. The summed E-state index contributed by atoms with van der Waals surface area (Å²) in [5.41, 5.74) is 0. The fourth-order valence-electron chi connectivity index (χ4n) is 3.23. The molecule has 1 aromatic carbocycles. The largest absolute Gasteiger partial charge is 0.393 e. The van der Waals surface area contributed by atoms with Crippen molar-refractivity contribution in [3.8, 4) is 0 Å². The van der Waals surface area contributed by atoms with Gasteiger partial charge < -0.3 is 10.0 Å². The highest BCUT2D eigenvalue weighted by molar-refractivity contribution is 8.00. The van der Waals surface area contributed by atoms with Gasteiger partial charge in [-0.3, -0.25) is 4.79 Å². The fraction of sp³-hybridized carbons (Fsp3) is 0.533. The Morgan fingerprint density at radius 3 is 2.90 bits per heavy atom. The third-order valence-corrected chi connectivity index (χ3v) is 5.39. The lowest BCUT2D eigenvalue weighted by molar-refractivity contribution is -0.127. The van der Waals surface area contributed by atoms with E-state index in [4.69, 9.17) is 0 Å². The van der Waals surface area contributed by atoms with Crippen LogP contribution in [0.25, 0.3) is 0 Å². The molecule has 0 aromatic heterocycles. The molecular formula is C15H18FNO2S. The van der Waals surface area contributed by atoms with E-state index in [1.54, 1.807) is 18.2 Å². The van der Waals surface area contributed by atoms with Crippen molar-refractivity contribution in [3.63, 3.8) is 0 Å². The van der Waals surface area contributed by atoms with Gasteiger partial charge in [-0.2, -0.15) is 0 Å². The van der Waals surface area contributed by atoms with Crippen LogP contribution in [-0.2, 0) is 4.79 Å². The van der Waals surface area contributed by atoms with Crippen molar-refractivity contribution >= 4 is 17.7 Å². The minimum atomic E-state index is -0.279. The number of halogens is 1. The molecule has 1 saturated carbocycles. The van der Waals surface area contributed by atoms with Crippen LogP contribution in [0.5, 0.6) is 0 Å². The fourth-order valence-corrected chi connectivity index (χ4v) is 4.08. The Labute approximate surface area is 122 Å². The van der Waals surface area contributed by atoms with Crippen molar-refractivity contribution in [1.82, 2.24) is 4.90 Å². The van der Waals surface area contributed by atoms with E-state index >= 15 is 0 Å². The van der Waals surface area contributed by atoms with Gasteiger partial charge in [0.2, 0.25) is 5.91 Å². The van der Waals surface area contributed by atoms with Crippen LogP contribution in [-0.4, -0.2) is 40.9 Å². The molecule has 1 N–H and O–H groups in total. The first kappa shape index (κ1) is 13.9. The van der Waals surface area contributed by atoms with Crippen LogP contribution in [0.4, 0.5) is 4.39 Å². The Hall–Kier alpha value is -1.07. The Balaban J connectivity index is 1.55. The quantitative estimate of drug-likeness (QED) is 0.869. The molecule has 1 heterocycles. The minimum absolute atomic E-state index is 0.0415. The lowest BCUT2D eigenvalue weighted by Crippen LogP contribution is -2.32. The number of fused-ring (bicyclic) bond motifs is 1. The van der Waals surface area contributed by atoms with E-state index in [1.165, 1.54) is 17.8 Å². The van der Waals surface area contributed by atoms with Crippen LogP contribution in [0.1, 0.15) is 12.8 Å². The molecule has 3 atom stereocenters. The van der Waals surface area contributed by atoms with Crippen molar-refractivity contribution in [3.05, 3.63) is 30.1 Å². The molecule has 5 heteroatoms. The molecule has 20 heavy (non-hydrogen) atoms. The lowest BCUT2D eigenvalue weighted by Gasteiger charge is -2.18. The summed E-state index contributed by atoms with van der Waals surface area (Å²) in [5, 5.41) is 9.85. The number of amides is 1. The summed E-state index contributed by atoms with van der Waals surface area (Å²) in [5.74, 6) is 0.722. The number of aliphatic hydroxyl groups is 1. The molecule has 3 unspecified atom stereocenters. The van der Waals surface area contributed by atoms with E-state index in [2.05, 4.69) is 0 Å². The lowest BCUT2D eigenvalue weighted by atomic mass is 10.00. The molecular weight excluding hydrogens is 277 g/mol. The number of thioether (sulfide) groups is 1. The molecule has 0 bridgehead atoms. The van der Waals surface area contributed by atoms with E-state index in [-0.39, 0.29) is 29.5 Å². The van der Waals surface area contributed by atoms with Gasteiger partial charge in [0.1, 0.15) is 5.82 Å². The number of aliphatic hydroxyl groups excluding tert-OH is 1. The molecule has 3 nitrogen and oxygen atoms in total. The van der Waals surface area contributed by atoms with Gasteiger partial charge in [-0.1, -0.05) is 12.1 Å². The molecule has 2 fully saturated rings. The van der Waals surface area contributed by atoms with Crippen LogP contribution >= 0.6 is 11.8 Å². The van der Waals surface area contributed by atoms with Gasteiger partial charge >= 0.3 is 0 Å². The van der Waals surface area contributed by atoms with E-state index < -0.39 is 0 Å². The summed E-state index contributed by atoms with van der Waals surface area (Å²) in [6.45, 7) is 1.40. The molecule has 0 spiro atoms. The van der Waals surface area contributed by atoms with Crippen molar-refractivity contribution in [2.24, 2.45) is 11.8 Å². The second-order valence-corrected chi connectivity index (χ2v) is 6.60. The Morgan fingerprint density at radius 1 is 1.35 bits per heavy atom. The normalized spacial score (nSPS) is 28.7. The molecule has 1 aromatic rings. The summed E-state index contributed by atoms with van der Waals surface area (Å²) in [6, 6.07) is 6.51. The highest BCUT2D eigenvalue weighted by Crippen LogP contribution is 2.38. The summed E-state index contributed by atoms with van der Waals surface area (Å²) >= 11 is 1.24. The number of hydrogen-bond acceptors (Lipinski definition) is 3. The van der Waals surface area contributed by atoms with Gasteiger partial charge in [0.15, 0.2) is 0 Å². The molecule has 1 saturated heterocycles. The van der Waals surface area contributed by atoms with E-state index in [9.17, 15) is 14.3 Å². The maximum absolute atomic E-state index is 13.5. The van der Waals surface area contributed by atoms with Crippen molar-refractivity contribution < 1.29 is 14.3 Å². The highest BCUT2D eigenvalue weighted by atomic mass is 32.2. The second-order valence-electron chi connectivity index (χ2n) is 5.59. The summed E-state index contributed by atoms with van der Waals surface area (Å²) in [6.07, 6.45) is 1.62. The average Bonchev–Trinajstić information content (AvgIpc) is 3.00. The number of carbonyl (C=O) groups is 1. The molecule has 1 amide bonds. The summed E-state index contributed by atoms with van der Waals surface area (Å²) in [4.78, 5) is 14.5. The first-order chi connectivity index (χ1) is 9.65. The molecule has 3 rings (SSSR count). The minimum Gasteiger partial charge on any atom is -0.393 e. The first-order valence-corrected chi connectivity index (χ1v) is 7.97. The maximum atomic E-state index is 13.5. The maximum Gasteiger partial charge on any atom is 0.232 e. The Morgan fingerprint density at radius 2 is 2.15 bits per heavy atom. The van der Waals surface area contributed by atoms with Crippen molar-refractivity contribution in [2.45, 2.75) is 23.8 Å². The average molecular weight is 295 g/mol. The van der Waals surface area contributed by atoms with Gasteiger partial charge in [-0.15, -0.1) is 11.8 Å². The zero-order valence-corrected chi connectivity index (χ0v) is 12.0. The SMILES string of the molecule is O=C(CSc1ccccc1F)N1CC2CCC(O)C2C1. The first-order valence-electron chi connectivity index (χ1n) is 6.98. The smallest absolute Gasteiger partial charge is 0.232 e. The van der Waals surface area contributed by atoms with Gasteiger partial charge in [0, 0.05) is 23.9 Å². The van der Waals surface area contributed by atoms with Gasteiger partial charge in [0.25, 0.3) is 0 Å². The van der Waals surface area contributed by atoms with E-state index in [0.29, 0.717) is 17.4 Å². The summed E-state index contributed by atoms with van der Waals surface area (Å²) in [7, 11) is 0. The van der Waals surface area contributed by atoms with Crippen LogP contribution in [0, 0.1) is 17.7 Å². The summed E-state index contributed by atoms with van der Waals surface area (Å²) < 4.78 is 13.5. The third kappa shape index (κ3) is 2.69. The standard InChI is InChI=1S/C15H18FNO2S/c16-12-3-1-2-4-14(12)20-9-15(19)17-7-10-5-6-13(18)11(10)8-17/h1-4,10-11,13,18H,5-9H2. The van der Waals surface area contributed by atoms with Crippen molar-refractivity contribution in [1.29, 1.82) is 0 Å². The Kier molecular flexibility index (Phi) is 3.98. The van der Waals surface area contributed by atoms with Gasteiger partial charge in [-0.05, 0) is 30.9 Å². The van der Waals surface area contributed by atoms with Crippen LogP contribution in [0.3, 0.4) is 0 Å². The Bertz CT molecular complexity index is 510. The number of carbonyl (C=O) groups excluding carboxylic acids is 1. The molecule has 0 radical (unpaired) electrons. The molecule has 1 aliphatic carbocycles. The monoisotopic (exact) mass is 295 g/mol. The number of rotatable bonds is 3. The van der Waals surface area contributed by atoms with Crippen LogP contribution in [0.2, 0.25) is 0 Å². The number of nitrogens with zero attached hydrogens (tertiary/aromatic N) is 1. The van der Waals surface area contributed by atoms with Crippen LogP contribution < -0.4 is 0 Å². The van der Waals surface area contributed by atoms with E-state index in [1.807, 2.05) is 4.90 Å². The zero-order chi connectivity index (χ0) is 14.1. The van der Waals surface area contributed by atoms with Gasteiger partial charge in [-0.25, -0.2) is 4.39 Å². The number of likely N-dealkylation sites (tertiary alicyclic amines) is 1. The predicted octanol–water partition coefficient (Wildman–Crippen LogP) is 2.15.